The monoisotopic (exact) mass is 183 g/mol. The summed E-state index contributed by atoms with van der Waals surface area (Å²) in [4.78, 5) is 21.4. The molecule has 0 saturated carbocycles. The zero-order valence-electron chi connectivity index (χ0n) is 6.75. The van der Waals surface area contributed by atoms with Gasteiger partial charge in [-0.15, -0.1) is 0 Å². The normalized spacial score (nSPS) is 12.4. The van der Waals surface area contributed by atoms with Gasteiger partial charge in [-0.25, -0.2) is 4.68 Å². The van der Waals surface area contributed by atoms with Crippen LogP contribution in [0.25, 0.3) is 0 Å². The van der Waals surface area contributed by atoms with Crippen molar-refractivity contribution < 1.29 is 9.90 Å². The summed E-state index contributed by atoms with van der Waals surface area (Å²) in [5.41, 5.74) is 4.86. The van der Waals surface area contributed by atoms with Gasteiger partial charge in [-0.2, -0.15) is 5.10 Å². The largest absolute Gasteiger partial charge is 0.480 e. The number of rotatable bonds is 3. The lowest BCUT2D eigenvalue weighted by Crippen LogP contribution is -2.38. The van der Waals surface area contributed by atoms with Crippen molar-refractivity contribution >= 4 is 5.97 Å². The van der Waals surface area contributed by atoms with Gasteiger partial charge < -0.3 is 10.8 Å². The topological polar surface area (TPSA) is 98.2 Å². The number of carboxylic acids is 1. The third-order valence-electron chi connectivity index (χ3n) is 1.47. The van der Waals surface area contributed by atoms with E-state index in [-0.39, 0.29) is 12.1 Å². The van der Waals surface area contributed by atoms with Gasteiger partial charge in [0.2, 0.25) is 0 Å². The highest BCUT2D eigenvalue weighted by Gasteiger charge is 2.12. The molecule has 1 unspecified atom stereocenters. The first-order chi connectivity index (χ1) is 6.11. The molecule has 1 atom stereocenters. The Bertz CT molecular complexity index is 360. The highest BCUT2D eigenvalue weighted by Crippen LogP contribution is 1.83. The van der Waals surface area contributed by atoms with E-state index >= 15 is 0 Å². The van der Waals surface area contributed by atoms with Crippen LogP contribution in [0.1, 0.15) is 0 Å². The molecule has 0 radical (unpaired) electrons. The van der Waals surface area contributed by atoms with Crippen LogP contribution in [0.2, 0.25) is 0 Å². The maximum absolute atomic E-state index is 11.0. The van der Waals surface area contributed by atoms with E-state index in [9.17, 15) is 9.59 Å². The van der Waals surface area contributed by atoms with Crippen molar-refractivity contribution in [1.82, 2.24) is 9.78 Å². The summed E-state index contributed by atoms with van der Waals surface area (Å²) in [7, 11) is 0. The van der Waals surface area contributed by atoms with E-state index < -0.39 is 12.0 Å². The Morgan fingerprint density at radius 2 is 2.46 bits per heavy atom. The third-order valence-corrected chi connectivity index (χ3v) is 1.47. The predicted molar refractivity (Wildman–Crippen MR) is 44.1 cm³/mol. The standard InChI is InChI=1S/C7H9N3O3/c8-5(7(12)13)4-10-6(11)2-1-3-9-10/h1-3,5H,4,8H2,(H,12,13). The molecule has 0 amide bonds. The summed E-state index contributed by atoms with van der Waals surface area (Å²) >= 11 is 0. The van der Waals surface area contributed by atoms with Gasteiger partial charge in [-0.3, -0.25) is 9.59 Å². The van der Waals surface area contributed by atoms with Crippen LogP contribution in [0.15, 0.2) is 23.1 Å². The average molecular weight is 183 g/mol. The molecule has 0 spiro atoms. The molecule has 6 heteroatoms. The number of hydrogen-bond donors (Lipinski definition) is 2. The molecule has 70 valence electrons. The maximum atomic E-state index is 11.0. The van der Waals surface area contributed by atoms with Gasteiger partial charge in [0.25, 0.3) is 5.56 Å². The Morgan fingerprint density at radius 3 is 3.00 bits per heavy atom. The van der Waals surface area contributed by atoms with Gasteiger partial charge in [0.15, 0.2) is 0 Å². The first-order valence-corrected chi connectivity index (χ1v) is 3.62. The molecule has 1 aromatic rings. The fourth-order valence-electron chi connectivity index (χ4n) is 0.789. The fraction of sp³-hybridized carbons (Fsp3) is 0.286. The van der Waals surface area contributed by atoms with Crippen molar-refractivity contribution in [3.63, 3.8) is 0 Å². The number of carbonyl (C=O) groups is 1. The molecule has 0 aliphatic rings. The van der Waals surface area contributed by atoms with E-state index in [2.05, 4.69) is 5.10 Å². The summed E-state index contributed by atoms with van der Waals surface area (Å²) in [5, 5.41) is 12.1. The summed E-state index contributed by atoms with van der Waals surface area (Å²) in [6.45, 7) is -0.116. The molecule has 1 rings (SSSR count). The van der Waals surface area contributed by atoms with Crippen molar-refractivity contribution in [2.24, 2.45) is 5.73 Å². The quantitative estimate of drug-likeness (QED) is 0.604. The maximum Gasteiger partial charge on any atom is 0.322 e. The molecule has 0 aromatic carbocycles. The van der Waals surface area contributed by atoms with Crippen LogP contribution in [0.5, 0.6) is 0 Å². The number of carboxylic acid groups (broad SMARTS) is 1. The lowest BCUT2D eigenvalue weighted by Gasteiger charge is -2.06. The Morgan fingerprint density at radius 1 is 1.77 bits per heavy atom. The Balaban J connectivity index is 2.81. The molecule has 0 saturated heterocycles. The van der Waals surface area contributed by atoms with Crippen LogP contribution in [-0.4, -0.2) is 26.9 Å². The van der Waals surface area contributed by atoms with Gasteiger partial charge in [0.05, 0.1) is 6.54 Å². The van der Waals surface area contributed by atoms with Crippen LogP contribution in [0.3, 0.4) is 0 Å². The number of hydrogen-bond acceptors (Lipinski definition) is 4. The van der Waals surface area contributed by atoms with E-state index in [1.807, 2.05) is 0 Å². The van der Waals surface area contributed by atoms with Gasteiger partial charge in [-0.05, 0) is 6.07 Å². The molecule has 0 fully saturated rings. The van der Waals surface area contributed by atoms with Gasteiger partial charge in [0, 0.05) is 12.3 Å². The molecule has 0 bridgehead atoms. The Labute approximate surface area is 73.6 Å². The van der Waals surface area contributed by atoms with E-state index in [4.69, 9.17) is 10.8 Å². The molecule has 1 aromatic heterocycles. The SMILES string of the molecule is NC(Cn1ncccc1=O)C(=O)O. The van der Waals surface area contributed by atoms with Crippen molar-refractivity contribution in [3.8, 4) is 0 Å². The molecule has 0 aliphatic carbocycles. The lowest BCUT2D eigenvalue weighted by molar-refractivity contribution is -0.138. The molecule has 6 nitrogen and oxygen atoms in total. The molecular formula is C7H9N3O3. The molecule has 1 heterocycles. The number of aromatic nitrogens is 2. The highest BCUT2D eigenvalue weighted by atomic mass is 16.4. The highest BCUT2D eigenvalue weighted by molar-refractivity contribution is 5.72. The van der Waals surface area contributed by atoms with E-state index in [0.717, 1.165) is 4.68 Å². The van der Waals surface area contributed by atoms with Crippen molar-refractivity contribution in [2.75, 3.05) is 0 Å². The fourth-order valence-corrected chi connectivity index (χ4v) is 0.789. The smallest absolute Gasteiger partial charge is 0.322 e. The van der Waals surface area contributed by atoms with E-state index in [1.54, 1.807) is 0 Å². The first kappa shape index (κ1) is 9.40. The number of nitrogens with zero attached hydrogens (tertiary/aromatic N) is 2. The van der Waals surface area contributed by atoms with Crippen LogP contribution in [0, 0.1) is 0 Å². The van der Waals surface area contributed by atoms with Gasteiger partial charge >= 0.3 is 5.97 Å². The van der Waals surface area contributed by atoms with Crippen LogP contribution >= 0.6 is 0 Å². The average Bonchev–Trinajstić information content (AvgIpc) is 2.08. The second-order valence-corrected chi connectivity index (χ2v) is 2.49. The van der Waals surface area contributed by atoms with Gasteiger partial charge in [-0.1, -0.05) is 0 Å². The molecule has 13 heavy (non-hydrogen) atoms. The Hall–Kier alpha value is -1.69. The number of aliphatic carboxylic acids is 1. The van der Waals surface area contributed by atoms with Crippen molar-refractivity contribution in [3.05, 3.63) is 28.7 Å². The first-order valence-electron chi connectivity index (χ1n) is 3.62. The van der Waals surface area contributed by atoms with E-state index in [1.165, 1.54) is 18.3 Å². The zero-order chi connectivity index (χ0) is 9.84. The predicted octanol–water partition coefficient (Wildman–Crippen LogP) is -1.34. The second kappa shape index (κ2) is 3.81. The van der Waals surface area contributed by atoms with Crippen LogP contribution in [-0.2, 0) is 11.3 Å². The number of nitrogens with two attached hydrogens (primary N) is 1. The second-order valence-electron chi connectivity index (χ2n) is 2.49. The minimum atomic E-state index is -1.16. The third kappa shape index (κ3) is 2.38. The van der Waals surface area contributed by atoms with Crippen LogP contribution < -0.4 is 11.3 Å². The summed E-state index contributed by atoms with van der Waals surface area (Å²) in [6, 6.07) is 1.67. The van der Waals surface area contributed by atoms with E-state index in [0.29, 0.717) is 0 Å². The Kier molecular flexibility index (Phi) is 2.76. The van der Waals surface area contributed by atoms with Crippen LogP contribution in [0.4, 0.5) is 0 Å². The zero-order valence-corrected chi connectivity index (χ0v) is 6.75. The minimum Gasteiger partial charge on any atom is -0.480 e. The summed E-state index contributed by atoms with van der Waals surface area (Å²) in [5.74, 6) is -1.16. The molecule has 0 aliphatic heterocycles. The van der Waals surface area contributed by atoms with Crippen molar-refractivity contribution in [1.29, 1.82) is 0 Å². The molecule has 3 N–H and O–H groups in total. The van der Waals surface area contributed by atoms with Gasteiger partial charge in [0.1, 0.15) is 6.04 Å². The minimum absolute atomic E-state index is 0.116. The summed E-state index contributed by atoms with van der Waals surface area (Å²) in [6.07, 6.45) is 1.40. The molecular weight excluding hydrogens is 174 g/mol. The lowest BCUT2D eigenvalue weighted by atomic mass is 10.3. The summed E-state index contributed by atoms with van der Waals surface area (Å²) < 4.78 is 1.01. The van der Waals surface area contributed by atoms with Crippen molar-refractivity contribution in [2.45, 2.75) is 12.6 Å².